The van der Waals surface area contributed by atoms with E-state index in [9.17, 15) is 4.79 Å². The highest BCUT2D eigenvalue weighted by molar-refractivity contribution is 6.18. The largest absolute Gasteiger partial charge is 0.462 e. The number of hydrogen-bond acceptors (Lipinski definition) is 2. The number of rotatable bonds is 6. The molecule has 0 aliphatic rings. The van der Waals surface area contributed by atoms with E-state index in [-0.39, 0.29) is 5.97 Å². The molecule has 0 N–H and O–H groups in total. The fraction of sp³-hybridized carbons (Fsp3) is 0.462. The number of hydrogen-bond donors (Lipinski definition) is 0. The van der Waals surface area contributed by atoms with Crippen molar-refractivity contribution in [2.24, 2.45) is 0 Å². The van der Waals surface area contributed by atoms with Crippen LogP contribution in [0.2, 0.25) is 0 Å². The topological polar surface area (TPSA) is 26.3 Å². The van der Waals surface area contributed by atoms with E-state index < -0.39 is 0 Å². The summed E-state index contributed by atoms with van der Waals surface area (Å²) in [5.41, 5.74) is 2.54. The summed E-state index contributed by atoms with van der Waals surface area (Å²) in [5, 5.41) is 0. The standard InChI is InChI=1S/C13H16Cl2O2/c1-2-17-13(16)12-6-3-5-10(9-15)11(12)7-4-8-14/h3,5-6H,2,4,7-9H2,1H3. The zero-order valence-corrected chi connectivity index (χ0v) is 11.4. The van der Waals surface area contributed by atoms with Gasteiger partial charge in [-0.2, -0.15) is 0 Å². The lowest BCUT2D eigenvalue weighted by molar-refractivity contribution is 0.0525. The van der Waals surface area contributed by atoms with Crippen LogP contribution in [0.15, 0.2) is 18.2 Å². The maximum Gasteiger partial charge on any atom is 0.338 e. The van der Waals surface area contributed by atoms with Crippen molar-refractivity contribution in [1.29, 1.82) is 0 Å². The molecule has 94 valence electrons. The molecule has 0 saturated heterocycles. The van der Waals surface area contributed by atoms with Gasteiger partial charge < -0.3 is 4.74 Å². The third-order valence-corrected chi connectivity index (χ3v) is 3.03. The summed E-state index contributed by atoms with van der Waals surface area (Å²) in [6.07, 6.45) is 1.57. The van der Waals surface area contributed by atoms with Crippen molar-refractivity contribution >= 4 is 29.2 Å². The van der Waals surface area contributed by atoms with Crippen molar-refractivity contribution < 1.29 is 9.53 Å². The maximum atomic E-state index is 11.8. The lowest BCUT2D eigenvalue weighted by Crippen LogP contribution is -2.10. The summed E-state index contributed by atoms with van der Waals surface area (Å²) < 4.78 is 5.03. The predicted octanol–water partition coefficient (Wildman–Crippen LogP) is 3.77. The first-order chi connectivity index (χ1) is 8.24. The van der Waals surface area contributed by atoms with Crippen LogP contribution in [0.5, 0.6) is 0 Å². The van der Waals surface area contributed by atoms with Crippen LogP contribution in [0.4, 0.5) is 0 Å². The molecule has 17 heavy (non-hydrogen) atoms. The average molecular weight is 275 g/mol. The molecule has 0 bridgehead atoms. The quantitative estimate of drug-likeness (QED) is 0.583. The minimum atomic E-state index is -0.288. The SMILES string of the molecule is CCOC(=O)c1cccc(CCl)c1CCCCl. The molecule has 0 spiro atoms. The minimum Gasteiger partial charge on any atom is -0.462 e. The van der Waals surface area contributed by atoms with Crippen LogP contribution in [-0.2, 0) is 17.0 Å². The van der Waals surface area contributed by atoms with Gasteiger partial charge in [0.2, 0.25) is 0 Å². The van der Waals surface area contributed by atoms with E-state index in [0.717, 1.165) is 24.0 Å². The summed E-state index contributed by atoms with van der Waals surface area (Å²) in [7, 11) is 0. The van der Waals surface area contributed by atoms with Gasteiger partial charge in [-0.05, 0) is 37.0 Å². The molecular formula is C13H16Cl2O2. The van der Waals surface area contributed by atoms with E-state index in [1.54, 1.807) is 13.0 Å². The monoisotopic (exact) mass is 274 g/mol. The first-order valence-electron chi connectivity index (χ1n) is 5.64. The summed E-state index contributed by atoms with van der Waals surface area (Å²) in [4.78, 5) is 11.8. The number of alkyl halides is 2. The highest BCUT2D eigenvalue weighted by atomic mass is 35.5. The van der Waals surface area contributed by atoms with Gasteiger partial charge >= 0.3 is 5.97 Å². The second-order valence-electron chi connectivity index (χ2n) is 3.59. The van der Waals surface area contributed by atoms with E-state index in [4.69, 9.17) is 27.9 Å². The molecule has 0 fully saturated rings. The van der Waals surface area contributed by atoms with Gasteiger partial charge in [-0.25, -0.2) is 4.79 Å². The smallest absolute Gasteiger partial charge is 0.338 e. The summed E-state index contributed by atoms with van der Waals surface area (Å²) in [5.74, 6) is 0.674. The second-order valence-corrected chi connectivity index (χ2v) is 4.24. The molecule has 0 radical (unpaired) electrons. The van der Waals surface area contributed by atoms with E-state index in [2.05, 4.69) is 0 Å². The number of ether oxygens (including phenoxy) is 1. The van der Waals surface area contributed by atoms with Crippen LogP contribution in [-0.4, -0.2) is 18.5 Å². The molecule has 1 aromatic rings. The number of esters is 1. The molecule has 0 heterocycles. The van der Waals surface area contributed by atoms with E-state index in [1.807, 2.05) is 12.1 Å². The Labute approximate surface area is 112 Å². The first kappa shape index (κ1) is 14.3. The Morgan fingerprint density at radius 2 is 2.12 bits per heavy atom. The molecule has 0 aliphatic carbocycles. The molecular weight excluding hydrogens is 259 g/mol. The number of benzene rings is 1. The number of carbonyl (C=O) groups excluding carboxylic acids is 1. The van der Waals surface area contributed by atoms with Crippen molar-refractivity contribution in [3.8, 4) is 0 Å². The lowest BCUT2D eigenvalue weighted by atomic mass is 9.98. The third kappa shape index (κ3) is 3.90. The lowest BCUT2D eigenvalue weighted by Gasteiger charge is -2.12. The van der Waals surface area contributed by atoms with E-state index in [1.165, 1.54) is 0 Å². The summed E-state index contributed by atoms with van der Waals surface area (Å²) in [6, 6.07) is 5.53. The molecule has 1 rings (SSSR count). The highest BCUT2D eigenvalue weighted by Crippen LogP contribution is 2.20. The van der Waals surface area contributed by atoms with Crippen molar-refractivity contribution in [1.82, 2.24) is 0 Å². The van der Waals surface area contributed by atoms with Gasteiger partial charge in [0.1, 0.15) is 0 Å². The van der Waals surface area contributed by atoms with Crippen molar-refractivity contribution in [3.05, 3.63) is 34.9 Å². The van der Waals surface area contributed by atoms with Crippen LogP contribution in [0.3, 0.4) is 0 Å². The number of halogens is 2. The molecule has 2 nitrogen and oxygen atoms in total. The Morgan fingerprint density at radius 1 is 1.35 bits per heavy atom. The number of carbonyl (C=O) groups is 1. The Hall–Kier alpha value is -0.730. The highest BCUT2D eigenvalue weighted by Gasteiger charge is 2.14. The molecule has 0 aliphatic heterocycles. The van der Waals surface area contributed by atoms with Gasteiger partial charge in [-0.1, -0.05) is 12.1 Å². The van der Waals surface area contributed by atoms with Gasteiger partial charge in [0.15, 0.2) is 0 Å². The Bertz CT molecular complexity index is 378. The normalized spacial score (nSPS) is 10.3. The summed E-state index contributed by atoms with van der Waals surface area (Å²) >= 11 is 11.6. The fourth-order valence-electron chi connectivity index (χ4n) is 1.70. The van der Waals surface area contributed by atoms with Gasteiger partial charge in [-0.15, -0.1) is 23.2 Å². The van der Waals surface area contributed by atoms with Crippen LogP contribution in [0, 0.1) is 0 Å². The second kappa shape index (κ2) is 7.57. The minimum absolute atomic E-state index is 0.288. The zero-order valence-electron chi connectivity index (χ0n) is 9.84. The average Bonchev–Trinajstić information content (AvgIpc) is 2.36. The molecule has 1 aromatic carbocycles. The van der Waals surface area contributed by atoms with Gasteiger partial charge in [-0.3, -0.25) is 0 Å². The van der Waals surface area contributed by atoms with Gasteiger partial charge in [0.25, 0.3) is 0 Å². The van der Waals surface area contributed by atoms with Crippen LogP contribution < -0.4 is 0 Å². The molecule has 0 aromatic heterocycles. The Balaban J connectivity index is 3.05. The van der Waals surface area contributed by atoms with Crippen molar-refractivity contribution in [2.45, 2.75) is 25.6 Å². The molecule has 4 heteroatoms. The molecule has 0 atom stereocenters. The Morgan fingerprint density at radius 3 is 2.71 bits per heavy atom. The first-order valence-corrected chi connectivity index (χ1v) is 6.71. The zero-order chi connectivity index (χ0) is 12.7. The van der Waals surface area contributed by atoms with Gasteiger partial charge in [0, 0.05) is 11.8 Å². The third-order valence-electron chi connectivity index (χ3n) is 2.47. The van der Waals surface area contributed by atoms with Gasteiger partial charge in [0.05, 0.1) is 12.2 Å². The molecule has 0 unspecified atom stereocenters. The molecule has 0 amide bonds. The Kier molecular flexibility index (Phi) is 6.38. The predicted molar refractivity (Wildman–Crippen MR) is 71.0 cm³/mol. The van der Waals surface area contributed by atoms with E-state index in [0.29, 0.717) is 23.9 Å². The van der Waals surface area contributed by atoms with Crippen LogP contribution in [0.25, 0.3) is 0 Å². The fourth-order valence-corrected chi connectivity index (χ4v) is 2.08. The maximum absolute atomic E-state index is 11.8. The van der Waals surface area contributed by atoms with Crippen LogP contribution >= 0.6 is 23.2 Å². The molecule has 0 saturated carbocycles. The van der Waals surface area contributed by atoms with Crippen molar-refractivity contribution in [2.75, 3.05) is 12.5 Å². The van der Waals surface area contributed by atoms with Crippen molar-refractivity contribution in [3.63, 3.8) is 0 Å². The van der Waals surface area contributed by atoms with E-state index >= 15 is 0 Å². The van der Waals surface area contributed by atoms with Crippen LogP contribution in [0.1, 0.15) is 34.8 Å². The summed E-state index contributed by atoms with van der Waals surface area (Å²) in [6.45, 7) is 2.17.